The third-order valence-corrected chi connectivity index (χ3v) is 3.09. The summed E-state index contributed by atoms with van der Waals surface area (Å²) < 4.78 is 1.57. The fourth-order valence-corrected chi connectivity index (χ4v) is 2.03. The van der Waals surface area contributed by atoms with Crippen molar-refractivity contribution in [3.05, 3.63) is 66.5 Å². The lowest BCUT2D eigenvalue weighted by atomic mass is 10.2. The maximum Gasteiger partial charge on any atom is 0.329 e. The summed E-state index contributed by atoms with van der Waals surface area (Å²) in [5.74, 6) is 0. The molecule has 0 aliphatic carbocycles. The third kappa shape index (κ3) is 2.36. The van der Waals surface area contributed by atoms with Crippen LogP contribution in [0.3, 0.4) is 0 Å². The lowest BCUT2D eigenvalue weighted by Crippen LogP contribution is -2.17. The number of aromatic nitrogens is 1. The van der Waals surface area contributed by atoms with Gasteiger partial charge < -0.3 is 5.32 Å². The van der Waals surface area contributed by atoms with E-state index in [1.165, 1.54) is 5.56 Å². The molecule has 0 unspecified atom stereocenters. The van der Waals surface area contributed by atoms with E-state index in [4.69, 9.17) is 0 Å². The summed E-state index contributed by atoms with van der Waals surface area (Å²) in [7, 11) is 0. The van der Waals surface area contributed by atoms with Gasteiger partial charge in [-0.3, -0.25) is 4.57 Å². The summed E-state index contributed by atoms with van der Waals surface area (Å²) in [6, 6.07) is 15.5. The number of rotatable bonds is 1. The summed E-state index contributed by atoms with van der Waals surface area (Å²) in [5.41, 5.74) is 1.97. The molecule has 0 atom stereocenters. The number of amides is 1. The van der Waals surface area contributed by atoms with E-state index in [-0.39, 0.29) is 6.03 Å². The van der Waals surface area contributed by atoms with Crippen LogP contribution in [-0.4, -0.2) is 10.6 Å². The molecule has 3 nitrogen and oxygen atoms in total. The number of fused-ring (bicyclic) bond motifs is 1. The Labute approximate surface area is 111 Å². The Hall–Kier alpha value is -2.55. The first-order chi connectivity index (χ1) is 9.22. The van der Waals surface area contributed by atoms with Gasteiger partial charge in [0.15, 0.2) is 0 Å². The van der Waals surface area contributed by atoms with Crippen LogP contribution >= 0.6 is 0 Å². The Morgan fingerprint density at radius 3 is 2.11 bits per heavy atom. The molecule has 3 rings (SSSR count). The molecule has 2 aromatic carbocycles. The van der Waals surface area contributed by atoms with Crippen LogP contribution < -0.4 is 5.32 Å². The first-order valence-corrected chi connectivity index (χ1v) is 6.17. The highest BCUT2D eigenvalue weighted by atomic mass is 16.2. The molecule has 0 bridgehead atoms. The van der Waals surface area contributed by atoms with Crippen LogP contribution in [0.4, 0.5) is 10.5 Å². The summed E-state index contributed by atoms with van der Waals surface area (Å²) in [6.45, 7) is 2.02. The fraction of sp³-hybridized carbons (Fsp3) is 0.0625. The van der Waals surface area contributed by atoms with E-state index < -0.39 is 0 Å². The molecule has 0 radical (unpaired) electrons. The van der Waals surface area contributed by atoms with Crippen LogP contribution in [0.25, 0.3) is 10.8 Å². The van der Waals surface area contributed by atoms with Crippen molar-refractivity contribution >= 4 is 22.5 Å². The third-order valence-electron chi connectivity index (χ3n) is 3.09. The zero-order valence-corrected chi connectivity index (χ0v) is 10.6. The monoisotopic (exact) mass is 250 g/mol. The van der Waals surface area contributed by atoms with E-state index in [1.54, 1.807) is 4.57 Å². The van der Waals surface area contributed by atoms with Crippen molar-refractivity contribution in [3.8, 4) is 0 Å². The van der Waals surface area contributed by atoms with Gasteiger partial charge in [0.25, 0.3) is 0 Å². The molecule has 0 spiro atoms. The molecule has 1 N–H and O–H groups in total. The number of hydrogen-bond donors (Lipinski definition) is 1. The van der Waals surface area contributed by atoms with Crippen LogP contribution in [-0.2, 0) is 0 Å². The zero-order valence-electron chi connectivity index (χ0n) is 10.6. The highest BCUT2D eigenvalue weighted by Crippen LogP contribution is 2.15. The van der Waals surface area contributed by atoms with Crippen molar-refractivity contribution in [2.75, 3.05) is 5.32 Å². The van der Waals surface area contributed by atoms with Gasteiger partial charge in [-0.25, -0.2) is 4.79 Å². The lowest BCUT2D eigenvalue weighted by molar-refractivity contribution is 0.253. The molecule has 19 heavy (non-hydrogen) atoms. The second kappa shape index (κ2) is 4.61. The highest BCUT2D eigenvalue weighted by molar-refractivity contribution is 5.95. The van der Waals surface area contributed by atoms with E-state index in [2.05, 4.69) is 5.32 Å². The van der Waals surface area contributed by atoms with E-state index >= 15 is 0 Å². The van der Waals surface area contributed by atoms with Gasteiger partial charge in [-0.1, -0.05) is 42.0 Å². The van der Waals surface area contributed by atoms with Crippen molar-refractivity contribution in [3.63, 3.8) is 0 Å². The Bertz CT molecular complexity index is 693. The standard InChI is InChI=1S/C16H14N2O/c1-12-6-8-15(9-7-12)17-16(19)18-10-13-4-2-3-5-14(13)11-18/h2-11H,1H3,(H,17,19). The van der Waals surface area contributed by atoms with E-state index in [0.29, 0.717) is 0 Å². The van der Waals surface area contributed by atoms with Gasteiger partial charge >= 0.3 is 6.03 Å². The van der Waals surface area contributed by atoms with Gasteiger partial charge in [0.2, 0.25) is 0 Å². The second-order valence-corrected chi connectivity index (χ2v) is 4.59. The molecule has 1 heterocycles. The molecular formula is C16H14N2O. The summed E-state index contributed by atoms with van der Waals surface area (Å²) in [6.07, 6.45) is 3.66. The van der Waals surface area contributed by atoms with Gasteiger partial charge in [-0.2, -0.15) is 0 Å². The van der Waals surface area contributed by atoms with Crippen LogP contribution in [0.5, 0.6) is 0 Å². The molecule has 3 heteroatoms. The molecule has 0 aliphatic rings. The zero-order chi connectivity index (χ0) is 13.2. The summed E-state index contributed by atoms with van der Waals surface area (Å²) in [5, 5.41) is 4.98. The average Bonchev–Trinajstić information content (AvgIpc) is 2.85. The number of aryl methyl sites for hydroxylation is 1. The number of anilines is 1. The van der Waals surface area contributed by atoms with Gasteiger partial charge in [0.1, 0.15) is 0 Å². The molecule has 1 amide bonds. The first-order valence-electron chi connectivity index (χ1n) is 6.17. The van der Waals surface area contributed by atoms with Crippen LogP contribution in [0.15, 0.2) is 60.9 Å². The van der Waals surface area contributed by atoms with Crippen molar-refractivity contribution < 1.29 is 4.79 Å². The Kier molecular flexibility index (Phi) is 2.80. The molecule has 0 saturated heterocycles. The van der Waals surface area contributed by atoms with Gasteiger partial charge in [0, 0.05) is 18.1 Å². The fourth-order valence-electron chi connectivity index (χ4n) is 2.03. The quantitative estimate of drug-likeness (QED) is 0.695. The number of carbonyl (C=O) groups excluding carboxylic acids is 1. The highest BCUT2D eigenvalue weighted by Gasteiger charge is 2.06. The predicted octanol–water partition coefficient (Wildman–Crippen LogP) is 4.03. The van der Waals surface area contributed by atoms with Crippen molar-refractivity contribution in [2.24, 2.45) is 0 Å². The minimum atomic E-state index is -0.153. The molecule has 0 fully saturated rings. The summed E-state index contributed by atoms with van der Waals surface area (Å²) in [4.78, 5) is 12.1. The molecule has 94 valence electrons. The largest absolute Gasteiger partial charge is 0.329 e. The lowest BCUT2D eigenvalue weighted by Gasteiger charge is -2.05. The maximum atomic E-state index is 12.1. The summed E-state index contributed by atoms with van der Waals surface area (Å²) >= 11 is 0. The van der Waals surface area contributed by atoms with Crippen molar-refractivity contribution in [1.82, 2.24) is 4.57 Å². The molecule has 3 aromatic rings. The average molecular weight is 250 g/mol. The Balaban J connectivity index is 1.85. The number of nitrogens with zero attached hydrogens (tertiary/aromatic N) is 1. The first kappa shape index (κ1) is 11.5. The predicted molar refractivity (Wildman–Crippen MR) is 77.5 cm³/mol. The minimum absolute atomic E-state index is 0.153. The van der Waals surface area contributed by atoms with Gasteiger partial charge in [-0.05, 0) is 29.8 Å². The Morgan fingerprint density at radius 2 is 1.53 bits per heavy atom. The molecule has 0 saturated carbocycles. The van der Waals surface area contributed by atoms with Crippen molar-refractivity contribution in [1.29, 1.82) is 0 Å². The van der Waals surface area contributed by atoms with E-state index in [1.807, 2.05) is 67.8 Å². The number of hydrogen-bond acceptors (Lipinski definition) is 1. The topological polar surface area (TPSA) is 34.0 Å². The van der Waals surface area contributed by atoms with Crippen molar-refractivity contribution in [2.45, 2.75) is 6.92 Å². The molecule has 1 aromatic heterocycles. The maximum absolute atomic E-state index is 12.1. The van der Waals surface area contributed by atoms with Gasteiger partial charge in [0.05, 0.1) is 0 Å². The number of carbonyl (C=O) groups is 1. The number of benzene rings is 2. The van der Waals surface area contributed by atoms with Crippen LogP contribution in [0.1, 0.15) is 5.56 Å². The number of nitrogens with one attached hydrogen (secondary N) is 1. The SMILES string of the molecule is Cc1ccc(NC(=O)n2cc3ccccc3c2)cc1. The normalized spacial score (nSPS) is 10.6. The van der Waals surface area contributed by atoms with Crippen LogP contribution in [0, 0.1) is 6.92 Å². The van der Waals surface area contributed by atoms with Gasteiger partial charge in [-0.15, -0.1) is 0 Å². The minimum Gasteiger partial charge on any atom is -0.307 e. The van der Waals surface area contributed by atoms with E-state index in [0.717, 1.165) is 16.5 Å². The molecule has 0 aliphatic heterocycles. The second-order valence-electron chi connectivity index (χ2n) is 4.59. The molecular weight excluding hydrogens is 236 g/mol. The smallest absolute Gasteiger partial charge is 0.307 e. The van der Waals surface area contributed by atoms with Crippen LogP contribution in [0.2, 0.25) is 0 Å². The van der Waals surface area contributed by atoms with E-state index in [9.17, 15) is 4.79 Å². The Morgan fingerprint density at radius 1 is 0.947 bits per heavy atom.